The lowest BCUT2D eigenvalue weighted by atomic mass is 9.86. The van der Waals surface area contributed by atoms with E-state index < -0.39 is 12.9 Å². The summed E-state index contributed by atoms with van der Waals surface area (Å²) in [6, 6.07) is 36.8. The van der Waals surface area contributed by atoms with Gasteiger partial charge in [0.2, 0.25) is 5.91 Å². The molecule has 0 aromatic heterocycles. The second-order valence-electron chi connectivity index (χ2n) is 9.18. The molecule has 5 heteroatoms. The number of nitrogens with zero attached hydrogens (tertiary/aromatic N) is 1. The van der Waals surface area contributed by atoms with E-state index in [1.54, 1.807) is 17.9 Å². The Kier molecular flexibility index (Phi) is 6.27. The Bertz CT molecular complexity index is 1250. The number of benzene rings is 4. The van der Waals surface area contributed by atoms with Crippen molar-refractivity contribution in [2.75, 3.05) is 11.4 Å². The first kappa shape index (κ1) is 23.8. The van der Waals surface area contributed by atoms with Crippen LogP contribution in [0.3, 0.4) is 0 Å². The molecule has 176 valence electrons. The van der Waals surface area contributed by atoms with Crippen LogP contribution in [0, 0.1) is 0 Å². The van der Waals surface area contributed by atoms with Gasteiger partial charge in [0.25, 0.3) is 0 Å². The molecule has 1 aliphatic heterocycles. The summed E-state index contributed by atoms with van der Waals surface area (Å²) in [5, 5.41) is 16.5. The van der Waals surface area contributed by atoms with Crippen LogP contribution in [0.2, 0.25) is 5.02 Å². The Morgan fingerprint density at radius 1 is 0.857 bits per heavy atom. The predicted molar refractivity (Wildman–Crippen MR) is 148 cm³/mol. The van der Waals surface area contributed by atoms with Gasteiger partial charge in [-0.2, -0.15) is 0 Å². The number of halogens is 1. The molecule has 5 rings (SSSR count). The Balaban J connectivity index is 1.90. The van der Waals surface area contributed by atoms with Crippen molar-refractivity contribution in [2.24, 2.45) is 0 Å². The molecule has 35 heavy (non-hydrogen) atoms. The number of hydrogen-bond acceptors (Lipinski definition) is 2. The van der Waals surface area contributed by atoms with Crippen LogP contribution < -0.4 is 20.8 Å². The number of fused-ring (bicyclic) bond motifs is 1. The SMILES string of the molecule is CC(=O)N1CC([P+](c2ccccc2)(c2ccccc2)c2ccccc2)C(C)(O)c2cc(Cl)ccc21. The minimum absolute atomic E-state index is 0.0543. The largest absolute Gasteiger partial charge is 0.381 e. The Morgan fingerprint density at radius 3 is 1.74 bits per heavy atom. The summed E-state index contributed by atoms with van der Waals surface area (Å²) in [7, 11) is -2.48. The maximum atomic E-state index is 13.0. The van der Waals surface area contributed by atoms with E-state index in [1.807, 2.05) is 37.3 Å². The molecule has 0 bridgehead atoms. The van der Waals surface area contributed by atoms with E-state index in [2.05, 4.69) is 72.8 Å². The predicted octanol–water partition coefficient (Wildman–Crippen LogP) is 5.28. The van der Waals surface area contributed by atoms with Crippen molar-refractivity contribution < 1.29 is 9.90 Å². The van der Waals surface area contributed by atoms with Gasteiger partial charge < -0.3 is 10.0 Å². The zero-order chi connectivity index (χ0) is 24.6. The van der Waals surface area contributed by atoms with Gasteiger partial charge in [-0.25, -0.2) is 0 Å². The minimum Gasteiger partial charge on any atom is -0.381 e. The zero-order valence-corrected chi connectivity index (χ0v) is 21.5. The minimum atomic E-state index is -2.48. The van der Waals surface area contributed by atoms with Crippen LogP contribution in [0.25, 0.3) is 0 Å². The van der Waals surface area contributed by atoms with Crippen molar-refractivity contribution in [1.29, 1.82) is 0 Å². The van der Waals surface area contributed by atoms with E-state index in [4.69, 9.17) is 11.6 Å². The van der Waals surface area contributed by atoms with Crippen LogP contribution in [0.15, 0.2) is 109 Å². The van der Waals surface area contributed by atoms with Gasteiger partial charge in [0.1, 0.15) is 34.4 Å². The van der Waals surface area contributed by atoms with Gasteiger partial charge in [0.05, 0.1) is 12.2 Å². The second kappa shape index (κ2) is 9.24. The third-order valence-corrected chi connectivity index (χ3v) is 12.3. The zero-order valence-electron chi connectivity index (χ0n) is 19.8. The molecule has 4 aromatic carbocycles. The third kappa shape index (κ3) is 3.89. The molecule has 0 spiro atoms. The molecule has 1 amide bonds. The molecule has 4 aromatic rings. The molecular weight excluding hydrogens is 473 g/mol. The molecule has 1 aliphatic rings. The summed E-state index contributed by atoms with van der Waals surface area (Å²) < 4.78 is 0. The number of aliphatic hydroxyl groups is 1. The first-order valence-electron chi connectivity index (χ1n) is 11.7. The van der Waals surface area contributed by atoms with Crippen molar-refractivity contribution >= 4 is 46.4 Å². The quantitative estimate of drug-likeness (QED) is 0.387. The van der Waals surface area contributed by atoms with Gasteiger partial charge in [-0.1, -0.05) is 66.2 Å². The lowest BCUT2D eigenvalue weighted by molar-refractivity contribution is -0.116. The Morgan fingerprint density at radius 2 is 1.31 bits per heavy atom. The fourth-order valence-corrected chi connectivity index (χ4v) is 10.9. The molecule has 0 radical (unpaired) electrons. The lowest BCUT2D eigenvalue weighted by Gasteiger charge is -2.48. The maximum Gasteiger partial charge on any atom is 0.224 e. The van der Waals surface area contributed by atoms with Crippen molar-refractivity contribution in [3.8, 4) is 0 Å². The highest BCUT2D eigenvalue weighted by atomic mass is 35.5. The molecule has 0 saturated heterocycles. The first-order valence-corrected chi connectivity index (χ1v) is 14.0. The number of rotatable bonds is 4. The summed E-state index contributed by atoms with van der Waals surface area (Å²) >= 11 is 6.44. The molecule has 3 nitrogen and oxygen atoms in total. The first-order chi connectivity index (χ1) is 16.9. The van der Waals surface area contributed by atoms with Crippen LogP contribution in [0.1, 0.15) is 19.4 Å². The number of anilines is 1. The van der Waals surface area contributed by atoms with Gasteiger partial charge in [0, 0.05) is 17.5 Å². The average Bonchev–Trinajstić information content (AvgIpc) is 2.88. The topological polar surface area (TPSA) is 40.5 Å². The fourth-order valence-electron chi connectivity index (χ4n) is 5.55. The van der Waals surface area contributed by atoms with Crippen molar-refractivity contribution in [1.82, 2.24) is 0 Å². The highest BCUT2D eigenvalue weighted by Crippen LogP contribution is 2.66. The van der Waals surface area contributed by atoms with Crippen LogP contribution in [0.5, 0.6) is 0 Å². The number of carbonyl (C=O) groups is 1. The van der Waals surface area contributed by atoms with Crippen LogP contribution in [-0.4, -0.2) is 23.2 Å². The number of carbonyl (C=O) groups excluding carboxylic acids is 1. The van der Waals surface area contributed by atoms with Crippen LogP contribution in [0.4, 0.5) is 5.69 Å². The second-order valence-corrected chi connectivity index (χ2v) is 13.2. The fraction of sp³-hybridized carbons (Fsp3) is 0.167. The van der Waals surface area contributed by atoms with Crippen LogP contribution >= 0.6 is 18.9 Å². The smallest absolute Gasteiger partial charge is 0.224 e. The van der Waals surface area contributed by atoms with E-state index in [9.17, 15) is 9.90 Å². The van der Waals surface area contributed by atoms with E-state index in [1.165, 1.54) is 0 Å². The highest BCUT2D eigenvalue weighted by molar-refractivity contribution is 7.96. The van der Waals surface area contributed by atoms with Crippen LogP contribution in [-0.2, 0) is 10.4 Å². The van der Waals surface area contributed by atoms with Crippen molar-refractivity contribution in [3.63, 3.8) is 0 Å². The van der Waals surface area contributed by atoms with Gasteiger partial charge in [-0.05, 0) is 61.5 Å². The Labute approximate surface area is 212 Å². The summed E-state index contributed by atoms with van der Waals surface area (Å²) in [5.41, 5.74) is -0.155. The molecule has 0 aliphatic carbocycles. The summed E-state index contributed by atoms with van der Waals surface area (Å²) in [6.07, 6.45) is 0. The number of hydrogen-bond donors (Lipinski definition) is 1. The summed E-state index contributed by atoms with van der Waals surface area (Å²) in [5.74, 6) is -0.0543. The third-order valence-electron chi connectivity index (χ3n) is 7.14. The summed E-state index contributed by atoms with van der Waals surface area (Å²) in [6.45, 7) is 3.86. The molecule has 0 fully saturated rings. The summed E-state index contributed by atoms with van der Waals surface area (Å²) in [4.78, 5) is 14.8. The van der Waals surface area contributed by atoms with E-state index in [0.29, 0.717) is 17.1 Å². The number of amides is 1. The Hall–Kier alpha value is -2.97. The van der Waals surface area contributed by atoms with Crippen molar-refractivity contribution in [3.05, 3.63) is 120 Å². The van der Waals surface area contributed by atoms with Gasteiger partial charge >= 0.3 is 0 Å². The molecule has 1 N–H and O–H groups in total. The van der Waals surface area contributed by atoms with E-state index in [-0.39, 0.29) is 11.6 Å². The molecule has 1 heterocycles. The molecule has 0 saturated carbocycles. The van der Waals surface area contributed by atoms with E-state index in [0.717, 1.165) is 21.6 Å². The van der Waals surface area contributed by atoms with Gasteiger partial charge in [0.15, 0.2) is 0 Å². The van der Waals surface area contributed by atoms with Crippen molar-refractivity contribution in [2.45, 2.75) is 25.1 Å². The molecule has 2 unspecified atom stereocenters. The molecule has 2 atom stereocenters. The van der Waals surface area contributed by atoms with Gasteiger partial charge in [-0.3, -0.25) is 4.79 Å². The standard InChI is InChI=1S/C30H28ClNO2P/c1-22(33)32-21-29(30(2,34)27-20-23(31)18-19-28(27)32)35(24-12-6-3-7-13-24,25-14-8-4-9-15-25)26-16-10-5-11-17-26/h3-20,29,34H,21H2,1-2H3/q+1. The monoisotopic (exact) mass is 500 g/mol. The van der Waals surface area contributed by atoms with Gasteiger partial charge in [-0.15, -0.1) is 0 Å². The molecular formula is C30H28ClNO2P+. The maximum absolute atomic E-state index is 13.0. The van der Waals surface area contributed by atoms with E-state index >= 15 is 0 Å². The normalized spacial score (nSPS) is 19.8. The highest BCUT2D eigenvalue weighted by Gasteiger charge is 2.62. The lowest BCUT2D eigenvalue weighted by Crippen LogP contribution is -2.57. The average molecular weight is 501 g/mol.